The summed E-state index contributed by atoms with van der Waals surface area (Å²) in [6.45, 7) is 6.70. The van der Waals surface area contributed by atoms with E-state index in [2.05, 4.69) is 15.3 Å². The van der Waals surface area contributed by atoms with E-state index in [0.717, 1.165) is 59.3 Å². The van der Waals surface area contributed by atoms with Gasteiger partial charge in [0.2, 0.25) is 0 Å². The van der Waals surface area contributed by atoms with Crippen molar-refractivity contribution in [2.45, 2.75) is 63.0 Å². The quantitative estimate of drug-likeness (QED) is 0.613. The summed E-state index contributed by atoms with van der Waals surface area (Å²) in [7, 11) is 0. The first kappa shape index (κ1) is 19.2. The third-order valence-corrected chi connectivity index (χ3v) is 7.47. The number of rotatable bonds is 0. The van der Waals surface area contributed by atoms with Gasteiger partial charge in [0, 0.05) is 30.5 Å². The molecule has 0 bridgehead atoms. The SMILES string of the molecule is CC(C)(C)OC(=O)N1CC2(C1)c1[nH]c3c(c1C(=O)NC21CC1)CCc1cnc(Cl)cc1-3. The van der Waals surface area contributed by atoms with Crippen LogP contribution in [0.15, 0.2) is 12.3 Å². The molecule has 2 fully saturated rings. The molecule has 2 spiro atoms. The zero-order chi connectivity index (χ0) is 21.8. The Morgan fingerprint density at radius 1 is 1.26 bits per heavy atom. The number of halogens is 1. The van der Waals surface area contributed by atoms with Crippen molar-refractivity contribution in [2.24, 2.45) is 0 Å². The van der Waals surface area contributed by atoms with Crippen LogP contribution in [-0.4, -0.2) is 51.1 Å². The van der Waals surface area contributed by atoms with E-state index in [1.807, 2.05) is 33.0 Å². The van der Waals surface area contributed by atoms with Gasteiger partial charge in [-0.15, -0.1) is 0 Å². The lowest BCUT2D eigenvalue weighted by Gasteiger charge is -2.56. The zero-order valence-electron chi connectivity index (χ0n) is 17.9. The third kappa shape index (κ3) is 2.56. The molecule has 0 atom stereocenters. The van der Waals surface area contributed by atoms with Crippen LogP contribution in [0.2, 0.25) is 5.15 Å². The number of hydrogen-bond donors (Lipinski definition) is 2. The largest absolute Gasteiger partial charge is 0.444 e. The molecule has 0 unspecified atom stereocenters. The maximum Gasteiger partial charge on any atom is 0.410 e. The Labute approximate surface area is 185 Å². The summed E-state index contributed by atoms with van der Waals surface area (Å²) in [5.74, 6) is -0.00468. The summed E-state index contributed by atoms with van der Waals surface area (Å²) in [5.41, 5.74) is 4.79. The summed E-state index contributed by atoms with van der Waals surface area (Å²) >= 11 is 6.19. The van der Waals surface area contributed by atoms with Gasteiger partial charge in [0.25, 0.3) is 5.91 Å². The van der Waals surface area contributed by atoms with E-state index >= 15 is 0 Å². The van der Waals surface area contributed by atoms with Crippen molar-refractivity contribution in [1.82, 2.24) is 20.2 Å². The molecule has 1 saturated heterocycles. The molecule has 2 N–H and O–H groups in total. The predicted molar refractivity (Wildman–Crippen MR) is 115 cm³/mol. The Morgan fingerprint density at radius 2 is 2.00 bits per heavy atom. The van der Waals surface area contributed by atoms with Gasteiger partial charge >= 0.3 is 6.09 Å². The lowest BCUT2D eigenvalue weighted by atomic mass is 9.65. The Hall–Kier alpha value is -2.54. The zero-order valence-corrected chi connectivity index (χ0v) is 18.7. The summed E-state index contributed by atoms with van der Waals surface area (Å²) in [4.78, 5) is 35.5. The van der Waals surface area contributed by atoms with Crippen LogP contribution in [0.4, 0.5) is 4.79 Å². The molecule has 8 heteroatoms. The molecule has 2 aliphatic carbocycles. The average Bonchev–Trinajstić information content (AvgIpc) is 3.28. The van der Waals surface area contributed by atoms with Crippen molar-refractivity contribution in [1.29, 1.82) is 0 Å². The number of aryl methyl sites for hydroxylation is 1. The molecule has 31 heavy (non-hydrogen) atoms. The number of ether oxygens (including phenoxy) is 1. The van der Waals surface area contributed by atoms with E-state index in [9.17, 15) is 9.59 Å². The van der Waals surface area contributed by atoms with Gasteiger partial charge in [-0.2, -0.15) is 0 Å². The number of carbonyl (C=O) groups is 2. The molecule has 0 aromatic carbocycles. The van der Waals surface area contributed by atoms with Gasteiger partial charge in [0.15, 0.2) is 0 Å². The first-order chi connectivity index (χ1) is 14.6. The fourth-order valence-electron chi connectivity index (χ4n) is 5.67. The Morgan fingerprint density at radius 3 is 2.68 bits per heavy atom. The van der Waals surface area contributed by atoms with E-state index in [1.165, 1.54) is 0 Å². The second-order valence-corrected chi connectivity index (χ2v) is 10.7. The van der Waals surface area contributed by atoms with E-state index in [1.54, 1.807) is 4.90 Å². The van der Waals surface area contributed by atoms with Crippen LogP contribution in [0.5, 0.6) is 0 Å². The number of likely N-dealkylation sites (tertiary alicyclic amines) is 1. The molecule has 2 aromatic heterocycles. The highest BCUT2D eigenvalue weighted by atomic mass is 35.5. The maximum absolute atomic E-state index is 13.2. The van der Waals surface area contributed by atoms with Gasteiger partial charge in [0.05, 0.1) is 22.2 Å². The van der Waals surface area contributed by atoms with Gasteiger partial charge in [-0.05, 0) is 63.6 Å². The van der Waals surface area contributed by atoms with Crippen LogP contribution in [0.25, 0.3) is 11.3 Å². The summed E-state index contributed by atoms with van der Waals surface area (Å²) < 4.78 is 5.58. The minimum absolute atomic E-state index is 0.00468. The van der Waals surface area contributed by atoms with Crippen molar-refractivity contribution < 1.29 is 14.3 Å². The highest BCUT2D eigenvalue weighted by Gasteiger charge is 2.70. The van der Waals surface area contributed by atoms with Crippen LogP contribution in [0.1, 0.15) is 60.8 Å². The Kier molecular flexibility index (Phi) is 3.60. The fraction of sp³-hybridized carbons (Fsp3) is 0.522. The predicted octanol–water partition coefficient (Wildman–Crippen LogP) is 3.59. The molecule has 4 heterocycles. The number of nitrogens with one attached hydrogen (secondary N) is 2. The average molecular weight is 441 g/mol. The number of nitrogens with zero attached hydrogens (tertiary/aromatic N) is 2. The number of amides is 2. The smallest absolute Gasteiger partial charge is 0.410 e. The molecule has 4 aliphatic rings. The molecular weight excluding hydrogens is 416 g/mol. The molecule has 162 valence electrons. The molecule has 0 radical (unpaired) electrons. The number of hydrogen-bond acceptors (Lipinski definition) is 4. The first-order valence-corrected chi connectivity index (χ1v) is 11.2. The monoisotopic (exact) mass is 440 g/mol. The fourth-order valence-corrected chi connectivity index (χ4v) is 5.82. The van der Waals surface area contributed by atoms with Gasteiger partial charge in [0.1, 0.15) is 10.8 Å². The second-order valence-electron chi connectivity index (χ2n) is 10.3. The number of pyridine rings is 1. The number of fused-ring (bicyclic) bond motifs is 7. The van der Waals surface area contributed by atoms with Crippen molar-refractivity contribution in [2.75, 3.05) is 13.1 Å². The van der Waals surface area contributed by atoms with Crippen LogP contribution in [0.3, 0.4) is 0 Å². The summed E-state index contributed by atoms with van der Waals surface area (Å²) in [6.07, 6.45) is 4.99. The summed E-state index contributed by atoms with van der Waals surface area (Å²) in [5, 5.41) is 3.76. The van der Waals surface area contributed by atoms with E-state index in [4.69, 9.17) is 16.3 Å². The van der Waals surface area contributed by atoms with Crippen molar-refractivity contribution >= 4 is 23.6 Å². The topological polar surface area (TPSA) is 87.3 Å². The van der Waals surface area contributed by atoms with Gasteiger partial charge < -0.3 is 19.9 Å². The minimum Gasteiger partial charge on any atom is -0.444 e. The van der Waals surface area contributed by atoms with E-state index in [-0.39, 0.29) is 23.0 Å². The molecule has 7 nitrogen and oxygen atoms in total. The molecule has 2 aromatic rings. The molecular formula is C23H25ClN4O3. The Bertz CT molecular complexity index is 1150. The van der Waals surface area contributed by atoms with Crippen molar-refractivity contribution in [3.05, 3.63) is 39.8 Å². The van der Waals surface area contributed by atoms with Crippen LogP contribution in [0, 0.1) is 0 Å². The number of aromatic amines is 1. The van der Waals surface area contributed by atoms with E-state index in [0.29, 0.717) is 18.2 Å². The highest BCUT2D eigenvalue weighted by Crippen LogP contribution is 2.59. The highest BCUT2D eigenvalue weighted by molar-refractivity contribution is 6.29. The van der Waals surface area contributed by atoms with Crippen LogP contribution < -0.4 is 5.32 Å². The third-order valence-electron chi connectivity index (χ3n) is 7.27. The molecule has 2 aliphatic heterocycles. The van der Waals surface area contributed by atoms with Crippen LogP contribution in [-0.2, 0) is 23.0 Å². The van der Waals surface area contributed by atoms with Gasteiger partial charge in [-0.3, -0.25) is 4.79 Å². The lowest BCUT2D eigenvalue weighted by molar-refractivity contribution is -0.0240. The van der Waals surface area contributed by atoms with Gasteiger partial charge in [-0.25, -0.2) is 9.78 Å². The number of aromatic nitrogens is 2. The minimum atomic E-state index is -0.536. The van der Waals surface area contributed by atoms with Gasteiger partial charge in [-0.1, -0.05) is 11.6 Å². The summed E-state index contributed by atoms with van der Waals surface area (Å²) in [6, 6.07) is 1.88. The molecule has 2 amide bonds. The number of H-pyrrole nitrogens is 1. The van der Waals surface area contributed by atoms with Crippen LogP contribution >= 0.6 is 11.6 Å². The maximum atomic E-state index is 13.2. The standard InChI is InChI=1S/C23H25ClN4O3/c1-21(2,3)31-20(30)28-10-22(11-28)18-16(19(29)27-23(22)6-7-23)13-5-4-12-9-25-15(24)8-14(12)17(13)26-18/h8-9,26H,4-7,10-11H2,1-3H3,(H,27,29). The van der Waals surface area contributed by atoms with E-state index < -0.39 is 5.60 Å². The van der Waals surface area contributed by atoms with Crippen molar-refractivity contribution in [3.63, 3.8) is 0 Å². The lowest BCUT2D eigenvalue weighted by Crippen LogP contribution is -2.73. The first-order valence-electron chi connectivity index (χ1n) is 10.8. The molecule has 6 rings (SSSR count). The Balaban J connectivity index is 1.43. The number of carbonyl (C=O) groups excluding carboxylic acids is 2. The molecule has 1 saturated carbocycles. The normalized spacial score (nSPS) is 21.7. The second kappa shape index (κ2) is 5.82. The van der Waals surface area contributed by atoms with Crippen molar-refractivity contribution in [3.8, 4) is 11.3 Å².